The first-order valence-electron chi connectivity index (χ1n) is 13.0. The zero-order valence-corrected chi connectivity index (χ0v) is 23.0. The first-order valence-corrected chi connectivity index (χ1v) is 14.0. The number of carboxylic acid groups (broad SMARTS) is 2. The largest absolute Gasteiger partial charge is 0.478 e. The van der Waals surface area contributed by atoms with E-state index >= 15 is 0 Å². The summed E-state index contributed by atoms with van der Waals surface area (Å²) in [6, 6.07) is 15.7. The highest BCUT2D eigenvalue weighted by Gasteiger charge is 2.26. The van der Waals surface area contributed by atoms with Crippen molar-refractivity contribution in [3.05, 3.63) is 77.6 Å². The summed E-state index contributed by atoms with van der Waals surface area (Å²) in [6.45, 7) is 4.85. The Labute approximate surface area is 233 Å². The molecule has 2 heterocycles. The monoisotopic (exact) mass is 557 g/mol. The predicted octanol–water partition coefficient (Wildman–Crippen LogP) is 4.82. The molecule has 2 aliphatic heterocycles. The van der Waals surface area contributed by atoms with Gasteiger partial charge in [-0.15, -0.1) is 0 Å². The first kappa shape index (κ1) is 30.3. The molecule has 0 unspecified atom stereocenters. The van der Waals surface area contributed by atoms with Gasteiger partial charge in [0.05, 0.1) is 12.3 Å². The third-order valence-electron chi connectivity index (χ3n) is 6.55. The van der Waals surface area contributed by atoms with Crippen molar-refractivity contribution < 1.29 is 28.9 Å². The van der Waals surface area contributed by atoms with Gasteiger partial charge in [-0.3, -0.25) is 0 Å². The van der Waals surface area contributed by atoms with Crippen LogP contribution in [0.5, 0.6) is 0 Å². The van der Waals surface area contributed by atoms with Crippen molar-refractivity contribution in [2.45, 2.75) is 37.5 Å². The number of hydrogen-bond donors (Lipinski definition) is 2. The van der Waals surface area contributed by atoms with E-state index in [1.54, 1.807) is 0 Å². The molecule has 0 amide bonds. The Balaban J connectivity index is 0.000000459. The molecule has 2 aromatic carbocycles. The molecular formula is C29H36FN3O5S. The highest BCUT2D eigenvalue weighted by atomic mass is 32.2. The molecule has 0 saturated carbocycles. The molecule has 10 heteroatoms. The van der Waals surface area contributed by atoms with E-state index in [0.717, 1.165) is 61.3 Å². The Morgan fingerprint density at radius 3 is 2.41 bits per heavy atom. The van der Waals surface area contributed by atoms with Crippen LogP contribution >= 0.6 is 11.8 Å². The summed E-state index contributed by atoms with van der Waals surface area (Å²) in [6.07, 6.45) is 5.38. The van der Waals surface area contributed by atoms with Crippen LogP contribution in [0.3, 0.4) is 0 Å². The van der Waals surface area contributed by atoms with Crippen LogP contribution in [-0.4, -0.2) is 83.1 Å². The van der Waals surface area contributed by atoms with Gasteiger partial charge in [0.1, 0.15) is 5.82 Å². The van der Waals surface area contributed by atoms with Crippen molar-refractivity contribution >= 4 is 34.6 Å². The molecule has 2 aromatic rings. The predicted molar refractivity (Wildman–Crippen MR) is 152 cm³/mol. The zero-order chi connectivity index (χ0) is 28.0. The van der Waals surface area contributed by atoms with Gasteiger partial charge < -0.3 is 24.7 Å². The Kier molecular flexibility index (Phi) is 12.5. The molecule has 0 atom stereocenters. The van der Waals surface area contributed by atoms with Gasteiger partial charge in [0.25, 0.3) is 0 Å². The second-order valence-electron chi connectivity index (χ2n) is 9.35. The highest BCUT2D eigenvalue weighted by molar-refractivity contribution is 8.13. The van der Waals surface area contributed by atoms with Gasteiger partial charge >= 0.3 is 11.9 Å². The molecule has 0 bridgehead atoms. The Morgan fingerprint density at radius 2 is 1.74 bits per heavy atom. The molecule has 39 heavy (non-hydrogen) atoms. The number of benzene rings is 2. The summed E-state index contributed by atoms with van der Waals surface area (Å²) in [5, 5.41) is 16.8. The van der Waals surface area contributed by atoms with Crippen LogP contribution in [0.4, 0.5) is 10.1 Å². The van der Waals surface area contributed by atoms with Crippen LogP contribution < -0.4 is 0 Å². The number of nitrogens with zero attached hydrogens (tertiary/aromatic N) is 3. The van der Waals surface area contributed by atoms with E-state index < -0.39 is 11.9 Å². The molecular weight excluding hydrogens is 521 g/mol. The summed E-state index contributed by atoms with van der Waals surface area (Å²) in [5.74, 6) is -1.69. The number of aliphatic imine (C=N–C) groups is 1. The fraction of sp³-hybridized carbons (Fsp3) is 0.414. The maximum Gasteiger partial charge on any atom is 0.328 e. The molecule has 1 fully saturated rings. The minimum atomic E-state index is -1.26. The minimum Gasteiger partial charge on any atom is -0.478 e. The SMILES string of the molecule is CN(C1=Nc2ccccc2CS1)C1CCN(CCCOCCc2ccc(F)cc2)CC1.O=C(O)/C=C/C(=O)O. The van der Waals surface area contributed by atoms with Gasteiger partial charge in [0.2, 0.25) is 0 Å². The number of carboxylic acids is 2. The van der Waals surface area contributed by atoms with Crippen LogP contribution in [0, 0.1) is 5.82 Å². The van der Waals surface area contributed by atoms with E-state index in [-0.39, 0.29) is 5.82 Å². The lowest BCUT2D eigenvalue weighted by molar-refractivity contribution is -0.134. The van der Waals surface area contributed by atoms with Crippen molar-refractivity contribution in [3.63, 3.8) is 0 Å². The summed E-state index contributed by atoms with van der Waals surface area (Å²) in [7, 11) is 2.20. The van der Waals surface area contributed by atoms with Crippen molar-refractivity contribution in [3.8, 4) is 0 Å². The molecule has 0 spiro atoms. The van der Waals surface area contributed by atoms with Crippen LogP contribution in [0.25, 0.3) is 0 Å². The topological polar surface area (TPSA) is 103 Å². The third kappa shape index (κ3) is 10.8. The molecule has 0 aliphatic carbocycles. The number of rotatable bonds is 10. The maximum atomic E-state index is 12.9. The zero-order valence-electron chi connectivity index (χ0n) is 22.2. The average Bonchev–Trinajstić information content (AvgIpc) is 2.95. The van der Waals surface area contributed by atoms with Crippen LogP contribution in [0.15, 0.2) is 65.7 Å². The van der Waals surface area contributed by atoms with Crippen molar-refractivity contribution in [2.75, 3.05) is 39.9 Å². The standard InChI is InChI=1S/C25H32FN3OS.C4H4O4/c1-28(25-27-24-6-3-2-5-21(24)19-31-25)23-11-15-29(16-12-23)14-4-17-30-18-13-20-7-9-22(26)10-8-20;5-3(6)1-2-4(7)8/h2-3,5-10,23H,4,11-19H2,1H3;1-2H,(H,5,6)(H,7,8)/b;2-1+. The van der Waals surface area contributed by atoms with E-state index in [1.807, 2.05) is 23.9 Å². The molecule has 1 saturated heterocycles. The molecule has 4 rings (SSSR count). The summed E-state index contributed by atoms with van der Waals surface area (Å²) >= 11 is 1.86. The van der Waals surface area contributed by atoms with E-state index in [4.69, 9.17) is 19.9 Å². The van der Waals surface area contributed by atoms with E-state index in [1.165, 1.54) is 30.5 Å². The Morgan fingerprint density at radius 1 is 1.08 bits per heavy atom. The van der Waals surface area contributed by atoms with Crippen LogP contribution in [0.2, 0.25) is 0 Å². The van der Waals surface area contributed by atoms with Crippen LogP contribution in [-0.2, 0) is 26.5 Å². The fourth-order valence-electron chi connectivity index (χ4n) is 4.36. The van der Waals surface area contributed by atoms with Crippen molar-refractivity contribution in [1.82, 2.24) is 9.80 Å². The van der Waals surface area contributed by atoms with Crippen LogP contribution in [0.1, 0.15) is 30.4 Å². The van der Waals surface area contributed by atoms with Gasteiger partial charge in [0.15, 0.2) is 5.17 Å². The van der Waals surface area contributed by atoms with Gasteiger partial charge in [-0.2, -0.15) is 0 Å². The molecule has 0 aromatic heterocycles. The number of amidine groups is 1. The maximum absolute atomic E-state index is 12.9. The summed E-state index contributed by atoms with van der Waals surface area (Å²) in [4.78, 5) is 29.0. The summed E-state index contributed by atoms with van der Waals surface area (Å²) in [5.41, 5.74) is 3.58. The lowest BCUT2D eigenvalue weighted by Gasteiger charge is -2.38. The summed E-state index contributed by atoms with van der Waals surface area (Å²) < 4.78 is 18.7. The highest BCUT2D eigenvalue weighted by Crippen LogP contribution is 2.32. The number of carbonyl (C=O) groups is 2. The quantitative estimate of drug-likeness (QED) is 0.317. The molecule has 8 nitrogen and oxygen atoms in total. The number of hydrogen-bond acceptors (Lipinski definition) is 7. The van der Waals surface area contributed by atoms with E-state index in [2.05, 4.69) is 41.1 Å². The van der Waals surface area contributed by atoms with Gasteiger partial charge in [-0.25, -0.2) is 19.0 Å². The minimum absolute atomic E-state index is 0.185. The lowest BCUT2D eigenvalue weighted by atomic mass is 10.0. The smallest absolute Gasteiger partial charge is 0.328 e. The van der Waals surface area contributed by atoms with Gasteiger partial charge in [0, 0.05) is 57.2 Å². The molecule has 0 radical (unpaired) electrons. The number of ether oxygens (including phenoxy) is 1. The number of aliphatic carboxylic acids is 2. The third-order valence-corrected chi connectivity index (χ3v) is 7.64. The number of halogens is 1. The van der Waals surface area contributed by atoms with Crippen molar-refractivity contribution in [2.24, 2.45) is 4.99 Å². The number of likely N-dealkylation sites (tertiary alicyclic amines) is 1. The molecule has 2 aliphatic rings. The number of thioether (sulfide) groups is 1. The Bertz CT molecular complexity index is 1120. The van der Waals surface area contributed by atoms with E-state index in [0.29, 0.717) is 24.8 Å². The van der Waals surface area contributed by atoms with E-state index in [9.17, 15) is 14.0 Å². The number of piperidine rings is 1. The average molecular weight is 558 g/mol. The van der Waals surface area contributed by atoms with Gasteiger partial charge in [-0.1, -0.05) is 42.1 Å². The Hall–Kier alpha value is -3.21. The lowest BCUT2D eigenvalue weighted by Crippen LogP contribution is -2.45. The molecule has 2 N–H and O–H groups in total. The second kappa shape index (κ2) is 16.0. The normalized spacial score (nSPS) is 15.7. The van der Waals surface area contributed by atoms with Crippen molar-refractivity contribution in [1.29, 1.82) is 0 Å². The number of para-hydroxylation sites is 1. The fourth-order valence-corrected chi connectivity index (χ4v) is 5.41. The van der Waals surface area contributed by atoms with Gasteiger partial charge in [-0.05, 0) is 55.0 Å². The second-order valence-corrected chi connectivity index (χ2v) is 10.3. The number of fused-ring (bicyclic) bond motifs is 1. The molecule has 210 valence electrons. The first-order chi connectivity index (χ1) is 18.8.